The number of phenolic OH excluding ortho intramolecular Hbond substituents is 3. The van der Waals surface area contributed by atoms with Gasteiger partial charge in [-0.05, 0) is 323 Å². The summed E-state index contributed by atoms with van der Waals surface area (Å²) in [4.78, 5) is 94.3. The molecule has 726 valence electrons. The zero-order valence-corrected chi connectivity index (χ0v) is 80.0. The van der Waals surface area contributed by atoms with Crippen molar-refractivity contribution >= 4 is 148 Å². The van der Waals surface area contributed by atoms with Crippen LogP contribution in [0.5, 0.6) is 17.2 Å². The van der Waals surface area contributed by atoms with Crippen molar-refractivity contribution < 1.29 is 92.4 Å². The van der Waals surface area contributed by atoms with Gasteiger partial charge in [0.2, 0.25) is 0 Å². The Morgan fingerprint density at radius 2 is 0.472 bits per heavy atom. The maximum absolute atomic E-state index is 13.2. The largest absolute Gasteiger partial charge is 0.508 e. The van der Waals surface area contributed by atoms with E-state index in [4.69, 9.17) is 0 Å². The summed E-state index contributed by atoms with van der Waals surface area (Å²) < 4.78 is 142. The zero-order valence-electron chi connectivity index (χ0n) is 75.1. The number of anilines is 6. The van der Waals surface area contributed by atoms with E-state index in [-0.39, 0.29) is 69.2 Å². The van der Waals surface area contributed by atoms with Crippen LogP contribution in [0.1, 0.15) is 94.1 Å². The maximum atomic E-state index is 13.2. The van der Waals surface area contributed by atoms with Crippen molar-refractivity contribution in [3.63, 3.8) is 0 Å². The Kier molecular flexibility index (Phi) is 33.9. The molecule has 10 aromatic carbocycles. The summed E-state index contributed by atoms with van der Waals surface area (Å²) in [6.07, 6.45) is 1.29. The summed E-state index contributed by atoms with van der Waals surface area (Å²) >= 11 is 7.98. The molecule has 9 heterocycles. The van der Waals surface area contributed by atoms with E-state index < -0.39 is 47.1 Å². The first-order chi connectivity index (χ1) is 68.9. The normalized spacial score (nSPS) is 11.1. The number of alkyl halides is 10. The van der Waals surface area contributed by atoms with E-state index in [1.807, 2.05) is 103 Å². The Hall–Kier alpha value is -16.4. The lowest BCUT2D eigenvalue weighted by atomic mass is 10.1. The fraction of sp³-hybridized carbons (Fsp3) is 0.0550. The van der Waals surface area contributed by atoms with Gasteiger partial charge in [-0.2, -0.15) is 26.3 Å². The molecule has 6 amide bonds. The van der Waals surface area contributed by atoms with Crippen molar-refractivity contribution in [3.05, 3.63) is 440 Å². The van der Waals surface area contributed by atoms with Gasteiger partial charge < -0.3 is 47.2 Å². The first kappa shape index (κ1) is 103. The van der Waals surface area contributed by atoms with Crippen LogP contribution >= 0.6 is 68.0 Å². The van der Waals surface area contributed by atoms with Crippen LogP contribution in [-0.4, -0.2) is 65.7 Å². The molecular formula is C109H78F11N9O9S6. The predicted molar refractivity (Wildman–Crippen MR) is 550 cm³/mol. The second kappa shape index (κ2) is 47.2. The Balaban J connectivity index is 0.000000137. The number of pyridine rings is 3. The molecular weight excluding hydrogens is 1980 g/mol. The number of phenols is 3. The number of hydrogen-bond donors (Lipinski definition) is 9. The number of hydrogen-bond acceptors (Lipinski definition) is 18. The molecule has 19 rings (SSSR count). The predicted octanol–water partition coefficient (Wildman–Crippen LogP) is 30.9. The Labute approximate surface area is 839 Å². The van der Waals surface area contributed by atoms with Crippen molar-refractivity contribution in [2.75, 3.05) is 31.9 Å². The maximum Gasteiger partial charge on any atom is 0.416 e. The number of aromatic nitrogens is 3. The minimum atomic E-state index is -4.46. The molecule has 9 aromatic heterocycles. The van der Waals surface area contributed by atoms with Gasteiger partial charge >= 0.3 is 12.4 Å². The quantitative estimate of drug-likeness (QED) is 0.0322. The Morgan fingerprint density at radius 1 is 0.236 bits per heavy atom. The average Bonchev–Trinajstić information content (AvgIpc) is 1.77. The molecule has 19 aromatic rings. The van der Waals surface area contributed by atoms with Crippen LogP contribution in [0.2, 0.25) is 0 Å². The van der Waals surface area contributed by atoms with E-state index in [9.17, 15) is 92.4 Å². The standard InChI is InChI=1S/C20H14N2OS.C19H15F2NO2S.C18H12F3NO2S.C18H14F2N2OS.C17H11F3N2OS.C17H12FNO2S/c23-20(19-8-7-18(24-19)15-9-11-21-12-10-15)22-17-6-5-14-3-1-2-4-16(14)13-17;1-19(20,21)13-4-6-14(7-5-13)22-18(24)17-11-10-16(25-17)12-2-8-15(23)9-3-12;19-18(20,21)12-2-1-3-13(10-12)22-17(24)16-9-8-15(25-16)11-4-6-14(23)7-5-11;1-18(19,20)13-2-4-14(5-3-13)22-17(23)16-7-6-15(24-16)12-8-10-21-11-9-12;18-17(19,20)12-2-1-3-13(10-12)22-16(23)15-5-4-14(24-15)11-6-8-21-9-7-11;18-12-3-5-13(6-4-12)19-17(21)16-10-9-15(22-16)11-1-7-14(20)8-2-11/h1-13H,(H,22,23);2-11,23H,1H3,(H,22,24);1-10,23H,(H,22,24);2-11H,1H3,(H,22,23);1-10H,(H,22,23);1-10,20H,(H,19,21). The van der Waals surface area contributed by atoms with Crippen molar-refractivity contribution in [2.45, 2.75) is 38.0 Å². The minimum absolute atomic E-state index is 0.0828. The second-order valence-electron chi connectivity index (χ2n) is 31.2. The van der Waals surface area contributed by atoms with E-state index in [0.717, 1.165) is 117 Å². The SMILES string of the molecule is CC(F)(F)c1ccc(NC(=O)c2ccc(-c3ccc(O)cc3)s2)cc1.CC(F)(F)c1ccc(NC(=O)c2ccc(-c3ccncc3)s2)cc1.O=C(Nc1ccc(F)cc1)c1ccc(-c2ccc(O)cc2)s1.O=C(Nc1ccc2ccccc2c1)c1ccc(-c2ccncc2)s1.O=C(Nc1cccc(C(F)(F)F)c1)c1ccc(-c2ccc(O)cc2)s1.O=C(Nc1cccc(C(F)(F)F)c1)c1ccc(-c2ccncc2)s1. The van der Waals surface area contributed by atoms with E-state index in [1.54, 1.807) is 140 Å². The molecule has 0 saturated carbocycles. The van der Waals surface area contributed by atoms with E-state index in [0.29, 0.717) is 46.3 Å². The van der Waals surface area contributed by atoms with Gasteiger partial charge in [0.05, 0.1) is 40.4 Å². The van der Waals surface area contributed by atoms with Crippen LogP contribution in [0.4, 0.5) is 82.4 Å². The third-order valence-corrected chi connectivity index (χ3v) is 27.4. The zero-order chi connectivity index (χ0) is 102. The highest BCUT2D eigenvalue weighted by Gasteiger charge is 2.33. The van der Waals surface area contributed by atoms with Gasteiger partial charge in [-0.25, -0.2) is 22.0 Å². The lowest BCUT2D eigenvalue weighted by Gasteiger charge is -2.11. The topological polar surface area (TPSA) is 274 Å². The fourth-order valence-electron chi connectivity index (χ4n) is 13.3. The van der Waals surface area contributed by atoms with Crippen LogP contribution < -0.4 is 31.9 Å². The summed E-state index contributed by atoms with van der Waals surface area (Å²) in [5, 5.41) is 46.3. The molecule has 0 fully saturated rings. The summed E-state index contributed by atoms with van der Waals surface area (Å²) in [7, 11) is 0. The fourth-order valence-corrected chi connectivity index (χ4v) is 18.8. The monoisotopic (exact) mass is 2060 g/mol. The van der Waals surface area contributed by atoms with Crippen molar-refractivity contribution in [1.82, 2.24) is 15.0 Å². The van der Waals surface area contributed by atoms with Gasteiger partial charge in [0.1, 0.15) is 23.1 Å². The highest BCUT2D eigenvalue weighted by Crippen LogP contribution is 2.40. The van der Waals surface area contributed by atoms with E-state index in [1.165, 1.54) is 177 Å². The summed E-state index contributed by atoms with van der Waals surface area (Å²) in [5.41, 5.74) is 6.32. The molecule has 0 bridgehead atoms. The number of thiophene rings is 6. The Bertz CT molecular complexity index is 7610. The molecule has 0 atom stereocenters. The molecule has 0 unspecified atom stereocenters. The highest BCUT2D eigenvalue weighted by atomic mass is 32.1. The van der Waals surface area contributed by atoms with Gasteiger partial charge in [0.25, 0.3) is 47.3 Å². The molecule has 144 heavy (non-hydrogen) atoms. The summed E-state index contributed by atoms with van der Waals surface area (Å²) in [6.45, 7) is 1.67. The van der Waals surface area contributed by atoms with Crippen LogP contribution in [0.3, 0.4) is 0 Å². The molecule has 35 heteroatoms. The molecule has 0 radical (unpaired) electrons. The lowest BCUT2D eigenvalue weighted by Crippen LogP contribution is -2.11. The molecule has 0 spiro atoms. The molecule has 0 saturated heterocycles. The average molecular weight is 2060 g/mol. The number of nitrogens with zero attached hydrogens (tertiary/aromatic N) is 3. The van der Waals surface area contributed by atoms with Crippen LogP contribution in [-0.2, 0) is 24.2 Å². The number of amides is 6. The van der Waals surface area contributed by atoms with Crippen molar-refractivity contribution in [1.29, 1.82) is 0 Å². The van der Waals surface area contributed by atoms with Crippen LogP contribution in [0.25, 0.3) is 73.4 Å². The number of carbonyl (C=O) groups is 6. The third kappa shape index (κ3) is 29.4. The van der Waals surface area contributed by atoms with E-state index in [2.05, 4.69) is 52.9 Å². The van der Waals surface area contributed by atoms with Gasteiger partial charge in [0, 0.05) is 126 Å². The molecule has 9 N–H and O–H groups in total. The number of halogens is 11. The molecule has 0 aliphatic heterocycles. The van der Waals surface area contributed by atoms with Crippen molar-refractivity contribution in [2.24, 2.45) is 0 Å². The smallest absolute Gasteiger partial charge is 0.416 e. The van der Waals surface area contributed by atoms with Gasteiger partial charge in [-0.1, -0.05) is 66.7 Å². The first-order valence-corrected chi connectivity index (χ1v) is 48.0. The third-order valence-electron chi connectivity index (χ3n) is 20.6. The van der Waals surface area contributed by atoms with Crippen LogP contribution in [0.15, 0.2) is 383 Å². The molecule has 0 aliphatic rings. The van der Waals surface area contributed by atoms with Gasteiger partial charge in [-0.3, -0.25) is 43.7 Å². The minimum Gasteiger partial charge on any atom is -0.508 e. The highest BCUT2D eigenvalue weighted by molar-refractivity contribution is 7.19. The molecule has 18 nitrogen and oxygen atoms in total. The summed E-state index contributed by atoms with van der Waals surface area (Å²) in [5.74, 6) is -7.43. The Morgan fingerprint density at radius 3 is 0.736 bits per heavy atom. The van der Waals surface area contributed by atoms with E-state index >= 15 is 0 Å². The number of nitrogens with one attached hydrogen (secondary N) is 6. The summed E-state index contributed by atoms with van der Waals surface area (Å²) in [6, 6.07) is 92.4. The number of benzene rings is 10. The second-order valence-corrected chi connectivity index (χ2v) is 37.7. The van der Waals surface area contributed by atoms with Gasteiger partial charge in [0.15, 0.2) is 0 Å². The number of rotatable bonds is 20. The number of fused-ring (bicyclic) bond motifs is 1. The number of carbonyl (C=O) groups excluding carboxylic acids is 6. The lowest BCUT2D eigenvalue weighted by molar-refractivity contribution is -0.138. The van der Waals surface area contributed by atoms with Crippen LogP contribution in [0, 0.1) is 5.82 Å². The molecule has 0 aliphatic carbocycles. The number of aromatic hydroxyl groups is 3. The van der Waals surface area contributed by atoms with Crippen molar-refractivity contribution in [3.8, 4) is 79.9 Å². The van der Waals surface area contributed by atoms with Gasteiger partial charge in [-0.15, -0.1) is 68.0 Å². The first-order valence-electron chi connectivity index (χ1n) is 43.1.